The van der Waals surface area contributed by atoms with Gasteiger partial charge in [0.2, 0.25) is 11.0 Å². The van der Waals surface area contributed by atoms with Gasteiger partial charge in [-0.25, -0.2) is 4.79 Å². The number of carbonyl (C=O) groups excluding carboxylic acids is 2. The van der Waals surface area contributed by atoms with Gasteiger partial charge in [0, 0.05) is 16.3 Å². The van der Waals surface area contributed by atoms with Crippen LogP contribution in [0.1, 0.15) is 25.7 Å². The highest BCUT2D eigenvalue weighted by Crippen LogP contribution is 2.33. The van der Waals surface area contributed by atoms with Crippen LogP contribution in [0.3, 0.4) is 0 Å². The second-order valence-electron chi connectivity index (χ2n) is 5.95. The van der Waals surface area contributed by atoms with Crippen molar-refractivity contribution < 1.29 is 14.3 Å². The minimum absolute atomic E-state index is 0.181. The number of esters is 1. The maximum absolute atomic E-state index is 12.3. The number of ether oxygens (including phenoxy) is 1. The summed E-state index contributed by atoms with van der Waals surface area (Å²) in [5.74, 6) is -0.471. The van der Waals surface area contributed by atoms with Gasteiger partial charge < -0.3 is 15.4 Å². The zero-order valence-corrected chi connectivity index (χ0v) is 19.4. The van der Waals surface area contributed by atoms with E-state index in [4.69, 9.17) is 4.74 Å². The average Bonchev–Trinajstić information content (AvgIpc) is 3.43. The third-order valence-electron chi connectivity index (χ3n) is 3.99. The highest BCUT2D eigenvalue weighted by atomic mass is 32.2. The number of aryl methyl sites for hydroxylation is 1. The van der Waals surface area contributed by atoms with Crippen molar-refractivity contribution in [3.63, 3.8) is 0 Å². The number of amides is 1. The average molecular weight is 469 g/mol. The Morgan fingerprint density at radius 3 is 2.79 bits per heavy atom. The van der Waals surface area contributed by atoms with Gasteiger partial charge in [0.05, 0.1) is 18.4 Å². The normalized spacial score (nSPS) is 10.7. The van der Waals surface area contributed by atoms with Crippen LogP contribution < -0.4 is 10.6 Å². The second-order valence-corrected chi connectivity index (χ2v) is 10.4. The van der Waals surface area contributed by atoms with E-state index in [-0.39, 0.29) is 11.7 Å². The van der Waals surface area contributed by atoms with Crippen LogP contribution in [0.5, 0.6) is 0 Å². The molecule has 0 saturated carbocycles. The summed E-state index contributed by atoms with van der Waals surface area (Å²) in [5.41, 5.74) is 1.24. The second kappa shape index (κ2) is 10.2. The lowest BCUT2D eigenvalue weighted by Crippen LogP contribution is -2.16. The summed E-state index contributed by atoms with van der Waals surface area (Å²) in [6.07, 6.45) is 0.935. The number of methoxy groups -OCH3 is 1. The molecular weight excluding hydrogens is 448 g/mol. The van der Waals surface area contributed by atoms with Crippen LogP contribution in [0.25, 0.3) is 0 Å². The topological polar surface area (TPSA) is 93.2 Å². The minimum Gasteiger partial charge on any atom is -0.465 e. The van der Waals surface area contributed by atoms with Gasteiger partial charge in [-0.05, 0) is 37.3 Å². The Morgan fingerprint density at radius 1 is 1.24 bits per heavy atom. The van der Waals surface area contributed by atoms with E-state index in [1.807, 2.05) is 19.9 Å². The largest absolute Gasteiger partial charge is 0.465 e. The summed E-state index contributed by atoms with van der Waals surface area (Å²) in [6, 6.07) is 4.15. The van der Waals surface area contributed by atoms with Gasteiger partial charge in [-0.15, -0.1) is 32.9 Å². The van der Waals surface area contributed by atoms with Crippen molar-refractivity contribution in [3.05, 3.63) is 38.4 Å². The molecule has 0 aliphatic carbocycles. The van der Waals surface area contributed by atoms with Crippen molar-refractivity contribution in [2.45, 2.75) is 24.6 Å². The molecule has 0 aromatic carbocycles. The van der Waals surface area contributed by atoms with E-state index in [0.29, 0.717) is 14.9 Å². The van der Waals surface area contributed by atoms with Crippen molar-refractivity contribution in [1.82, 2.24) is 10.2 Å². The van der Waals surface area contributed by atoms with Crippen LogP contribution in [0.2, 0.25) is 0 Å². The molecule has 0 spiro atoms. The van der Waals surface area contributed by atoms with Gasteiger partial charge in [-0.3, -0.25) is 4.79 Å². The fourth-order valence-corrected chi connectivity index (χ4v) is 5.79. The molecule has 0 atom stereocenters. The number of nitrogens with one attached hydrogen (secondary N) is 2. The van der Waals surface area contributed by atoms with Gasteiger partial charge >= 0.3 is 5.97 Å². The van der Waals surface area contributed by atoms with E-state index >= 15 is 0 Å². The van der Waals surface area contributed by atoms with Crippen LogP contribution in [-0.4, -0.2) is 41.5 Å². The Morgan fingerprint density at radius 2 is 2.07 bits per heavy atom. The van der Waals surface area contributed by atoms with Crippen molar-refractivity contribution in [2.24, 2.45) is 0 Å². The Hall–Kier alpha value is -1.95. The van der Waals surface area contributed by atoms with Gasteiger partial charge in [0.1, 0.15) is 5.00 Å². The van der Waals surface area contributed by atoms with Crippen LogP contribution in [0.4, 0.5) is 10.1 Å². The lowest BCUT2D eigenvalue weighted by atomic mass is 10.1. The van der Waals surface area contributed by atoms with Gasteiger partial charge in [-0.1, -0.05) is 29.2 Å². The summed E-state index contributed by atoms with van der Waals surface area (Å²) < 4.78 is 5.54. The quantitative estimate of drug-likeness (QED) is 0.354. The zero-order valence-electron chi connectivity index (χ0n) is 16.1. The Bertz CT molecular complexity index is 982. The number of thiophene rings is 2. The van der Waals surface area contributed by atoms with Gasteiger partial charge in [-0.2, -0.15) is 0 Å². The number of hydrogen-bond acceptors (Lipinski definition) is 10. The molecule has 0 saturated heterocycles. The zero-order chi connectivity index (χ0) is 20.8. The van der Waals surface area contributed by atoms with Crippen LogP contribution in [0.15, 0.2) is 21.9 Å². The molecule has 3 heterocycles. The van der Waals surface area contributed by atoms with E-state index in [9.17, 15) is 9.59 Å². The molecule has 0 bridgehead atoms. The number of thioether (sulfide) groups is 1. The van der Waals surface area contributed by atoms with E-state index in [1.54, 1.807) is 11.3 Å². The number of rotatable bonds is 9. The predicted octanol–water partition coefficient (Wildman–Crippen LogP) is 4.45. The first kappa shape index (κ1) is 21.8. The Kier molecular flexibility index (Phi) is 7.64. The maximum Gasteiger partial charge on any atom is 0.341 e. The summed E-state index contributed by atoms with van der Waals surface area (Å²) in [7, 11) is 1.33. The van der Waals surface area contributed by atoms with Crippen molar-refractivity contribution in [3.8, 4) is 0 Å². The maximum atomic E-state index is 12.3. The van der Waals surface area contributed by atoms with Gasteiger partial charge in [0.15, 0.2) is 4.34 Å². The first-order valence-corrected chi connectivity index (χ1v) is 12.2. The number of hydrogen-bond donors (Lipinski definition) is 2. The number of carbonyl (C=O) groups is 2. The van der Waals surface area contributed by atoms with Crippen LogP contribution in [0, 0.1) is 13.8 Å². The predicted molar refractivity (Wildman–Crippen MR) is 121 cm³/mol. The third-order valence-corrected chi connectivity index (χ3v) is 8.06. The number of anilines is 2. The molecule has 3 rings (SSSR count). The Labute approximate surface area is 184 Å². The van der Waals surface area contributed by atoms with Gasteiger partial charge in [0.25, 0.3) is 0 Å². The first-order chi connectivity index (χ1) is 14.0. The number of aromatic nitrogens is 2. The molecule has 1 amide bonds. The monoisotopic (exact) mass is 468 g/mol. The summed E-state index contributed by atoms with van der Waals surface area (Å²) >= 11 is 5.83. The molecule has 2 N–H and O–H groups in total. The van der Waals surface area contributed by atoms with E-state index in [2.05, 4.69) is 32.3 Å². The fraction of sp³-hybridized carbons (Fsp3) is 0.333. The lowest BCUT2D eigenvalue weighted by molar-refractivity contribution is -0.113. The Balaban J connectivity index is 1.49. The van der Waals surface area contributed by atoms with E-state index in [0.717, 1.165) is 28.5 Å². The molecule has 0 aliphatic rings. The van der Waals surface area contributed by atoms with Crippen LogP contribution in [-0.2, 0) is 16.0 Å². The standard InChI is InChI=1S/C18H20N4O3S4/c1-10-11(2)28-15(14(10)16(24)25-3)20-13(23)9-27-18-22-21-17(29-18)19-7-6-12-5-4-8-26-12/h4-5,8H,6-7,9H2,1-3H3,(H,19,21)(H,20,23). The summed E-state index contributed by atoms with van der Waals surface area (Å²) in [4.78, 5) is 26.6. The van der Waals surface area contributed by atoms with E-state index < -0.39 is 5.97 Å². The van der Waals surface area contributed by atoms with E-state index in [1.165, 1.54) is 46.4 Å². The first-order valence-electron chi connectivity index (χ1n) is 8.68. The molecule has 0 fully saturated rings. The van der Waals surface area contributed by atoms with Crippen molar-refractivity contribution in [1.29, 1.82) is 0 Å². The smallest absolute Gasteiger partial charge is 0.341 e. The molecular formula is C18H20N4O3S4. The highest BCUT2D eigenvalue weighted by Gasteiger charge is 2.21. The molecule has 0 unspecified atom stereocenters. The molecule has 3 aromatic rings. The fourth-order valence-electron chi connectivity index (χ4n) is 2.44. The summed E-state index contributed by atoms with van der Waals surface area (Å²) in [6.45, 7) is 4.54. The molecule has 7 nitrogen and oxygen atoms in total. The molecule has 0 radical (unpaired) electrons. The van der Waals surface area contributed by atoms with Crippen molar-refractivity contribution in [2.75, 3.05) is 30.0 Å². The molecule has 11 heteroatoms. The minimum atomic E-state index is -0.447. The number of nitrogens with zero attached hydrogens (tertiary/aromatic N) is 2. The lowest BCUT2D eigenvalue weighted by Gasteiger charge is -2.05. The third kappa shape index (κ3) is 5.78. The summed E-state index contributed by atoms with van der Waals surface area (Å²) in [5, 5.41) is 17.6. The highest BCUT2D eigenvalue weighted by molar-refractivity contribution is 8.01. The SMILES string of the molecule is COC(=O)c1c(NC(=O)CSc2nnc(NCCc3cccs3)s2)sc(C)c1C. The van der Waals surface area contributed by atoms with Crippen LogP contribution >= 0.6 is 45.8 Å². The van der Waals surface area contributed by atoms with Crippen molar-refractivity contribution >= 4 is 67.8 Å². The molecule has 3 aromatic heterocycles. The molecule has 154 valence electrons. The molecule has 29 heavy (non-hydrogen) atoms. The molecule has 0 aliphatic heterocycles.